The molecule has 0 N–H and O–H groups in total. The van der Waals surface area contributed by atoms with Crippen LogP contribution in [0.25, 0.3) is 0 Å². The molecule has 0 aliphatic rings. The van der Waals surface area contributed by atoms with Gasteiger partial charge in [0.1, 0.15) is 0 Å². The minimum absolute atomic E-state index is 0.0987. The second-order valence-electron chi connectivity index (χ2n) is 5.53. The van der Waals surface area contributed by atoms with E-state index in [9.17, 15) is 9.59 Å². The number of esters is 2. The van der Waals surface area contributed by atoms with E-state index in [-0.39, 0.29) is 11.9 Å². The molecule has 128 valence electrons. The maximum atomic E-state index is 10.9. The largest absolute Gasteiger partial charge is 0.469 e. The summed E-state index contributed by atoms with van der Waals surface area (Å²) in [6.45, 7) is 0. The van der Waals surface area contributed by atoms with E-state index < -0.39 is 0 Å². The van der Waals surface area contributed by atoms with Crippen molar-refractivity contribution in [2.24, 2.45) is 0 Å². The Morgan fingerprint density at radius 2 is 1.05 bits per heavy atom. The smallest absolute Gasteiger partial charge is 0.305 e. The standard InChI is InChI=1S/C18H32O4/c1-21-17(19)15-13-11-9-7-5-3-4-6-8-10-12-14-16-18(20)22-2/h7,9H,3-6,8,10-16H2,1-2H3/b9-7+. The van der Waals surface area contributed by atoms with Gasteiger partial charge in [0, 0.05) is 12.8 Å². The van der Waals surface area contributed by atoms with E-state index in [1.165, 1.54) is 46.3 Å². The lowest BCUT2D eigenvalue weighted by atomic mass is 10.1. The Bertz CT molecular complexity index is 310. The number of allylic oxidation sites excluding steroid dienone is 2. The summed E-state index contributed by atoms with van der Waals surface area (Å²) in [6, 6.07) is 0. The number of hydrogen-bond acceptors (Lipinski definition) is 4. The van der Waals surface area contributed by atoms with Gasteiger partial charge in [0.05, 0.1) is 14.2 Å². The highest BCUT2D eigenvalue weighted by molar-refractivity contribution is 5.69. The van der Waals surface area contributed by atoms with Crippen molar-refractivity contribution in [3.8, 4) is 0 Å². The predicted octanol–water partition coefficient (Wildman–Crippen LogP) is 4.57. The van der Waals surface area contributed by atoms with Crippen LogP contribution in [0.5, 0.6) is 0 Å². The molecule has 0 aliphatic heterocycles. The molecule has 0 fully saturated rings. The van der Waals surface area contributed by atoms with Crippen molar-refractivity contribution in [1.29, 1.82) is 0 Å². The minimum atomic E-state index is -0.125. The van der Waals surface area contributed by atoms with Crippen LogP contribution in [0.15, 0.2) is 12.2 Å². The number of unbranched alkanes of at least 4 members (excludes halogenated alkanes) is 8. The third-order valence-corrected chi connectivity index (χ3v) is 3.63. The lowest BCUT2D eigenvalue weighted by molar-refractivity contribution is -0.141. The molecule has 0 saturated carbocycles. The van der Waals surface area contributed by atoms with Crippen molar-refractivity contribution < 1.29 is 19.1 Å². The summed E-state index contributed by atoms with van der Waals surface area (Å²) in [5, 5.41) is 0. The van der Waals surface area contributed by atoms with Crippen LogP contribution in [0, 0.1) is 0 Å². The fraction of sp³-hybridized carbons (Fsp3) is 0.778. The lowest BCUT2D eigenvalue weighted by Crippen LogP contribution is -1.99. The van der Waals surface area contributed by atoms with Gasteiger partial charge < -0.3 is 9.47 Å². The predicted molar refractivity (Wildman–Crippen MR) is 88.6 cm³/mol. The van der Waals surface area contributed by atoms with Crippen molar-refractivity contribution in [1.82, 2.24) is 0 Å². The summed E-state index contributed by atoms with van der Waals surface area (Å²) in [4.78, 5) is 21.8. The molecular formula is C18H32O4. The van der Waals surface area contributed by atoms with E-state index >= 15 is 0 Å². The molecule has 0 aromatic heterocycles. The molecule has 0 atom stereocenters. The van der Waals surface area contributed by atoms with Gasteiger partial charge in [-0.15, -0.1) is 0 Å². The van der Waals surface area contributed by atoms with Crippen LogP contribution in [0.1, 0.15) is 77.0 Å². The van der Waals surface area contributed by atoms with Gasteiger partial charge in [-0.2, -0.15) is 0 Å². The summed E-state index contributed by atoms with van der Waals surface area (Å²) in [5.74, 6) is -0.224. The first-order valence-electron chi connectivity index (χ1n) is 8.49. The molecular weight excluding hydrogens is 280 g/mol. The molecule has 0 aromatic rings. The van der Waals surface area contributed by atoms with Crippen LogP contribution < -0.4 is 0 Å². The fourth-order valence-corrected chi connectivity index (χ4v) is 2.22. The third kappa shape index (κ3) is 15.1. The molecule has 22 heavy (non-hydrogen) atoms. The van der Waals surface area contributed by atoms with Crippen LogP contribution in [-0.2, 0) is 19.1 Å². The summed E-state index contributed by atoms with van der Waals surface area (Å²) in [5.41, 5.74) is 0. The van der Waals surface area contributed by atoms with E-state index in [2.05, 4.69) is 21.6 Å². The SMILES string of the molecule is COC(=O)CCC/C=C/CCCCCCCCCC(=O)OC. The Kier molecular flexibility index (Phi) is 15.1. The van der Waals surface area contributed by atoms with Gasteiger partial charge in [0.15, 0.2) is 0 Å². The van der Waals surface area contributed by atoms with E-state index in [1.807, 2.05) is 0 Å². The highest BCUT2D eigenvalue weighted by atomic mass is 16.5. The Hall–Kier alpha value is -1.32. The zero-order valence-electron chi connectivity index (χ0n) is 14.3. The molecule has 0 aliphatic carbocycles. The second-order valence-corrected chi connectivity index (χ2v) is 5.53. The fourth-order valence-electron chi connectivity index (χ4n) is 2.22. The Labute approximate surface area is 135 Å². The maximum Gasteiger partial charge on any atom is 0.305 e. The van der Waals surface area contributed by atoms with Crippen molar-refractivity contribution in [2.75, 3.05) is 14.2 Å². The average molecular weight is 312 g/mol. The highest BCUT2D eigenvalue weighted by Crippen LogP contribution is 2.10. The average Bonchev–Trinajstić information content (AvgIpc) is 2.54. The molecule has 0 unspecified atom stereocenters. The number of ether oxygens (including phenoxy) is 2. The van der Waals surface area contributed by atoms with Crippen LogP contribution in [-0.4, -0.2) is 26.2 Å². The summed E-state index contributed by atoms with van der Waals surface area (Å²) in [7, 11) is 2.87. The van der Waals surface area contributed by atoms with Crippen molar-refractivity contribution in [3.05, 3.63) is 12.2 Å². The first kappa shape index (κ1) is 20.7. The first-order chi connectivity index (χ1) is 10.7. The topological polar surface area (TPSA) is 52.6 Å². The van der Waals surface area contributed by atoms with Crippen molar-refractivity contribution in [2.45, 2.75) is 77.0 Å². The van der Waals surface area contributed by atoms with Crippen LogP contribution in [0.3, 0.4) is 0 Å². The van der Waals surface area contributed by atoms with Gasteiger partial charge in [0.2, 0.25) is 0 Å². The van der Waals surface area contributed by atoms with Crippen LogP contribution in [0.2, 0.25) is 0 Å². The Morgan fingerprint density at radius 3 is 1.59 bits per heavy atom. The number of carbonyl (C=O) groups is 2. The molecule has 0 radical (unpaired) electrons. The van der Waals surface area contributed by atoms with E-state index in [0.717, 1.165) is 32.1 Å². The van der Waals surface area contributed by atoms with Gasteiger partial charge >= 0.3 is 11.9 Å². The summed E-state index contributed by atoms with van der Waals surface area (Å²) < 4.78 is 9.20. The quantitative estimate of drug-likeness (QED) is 0.268. The van der Waals surface area contributed by atoms with Gasteiger partial charge in [-0.05, 0) is 32.1 Å². The molecule has 4 heteroatoms. The van der Waals surface area contributed by atoms with E-state index in [4.69, 9.17) is 0 Å². The second kappa shape index (κ2) is 16.1. The monoisotopic (exact) mass is 312 g/mol. The normalized spacial score (nSPS) is 10.8. The number of methoxy groups -OCH3 is 2. The molecule has 4 nitrogen and oxygen atoms in total. The van der Waals surface area contributed by atoms with Gasteiger partial charge in [0.25, 0.3) is 0 Å². The van der Waals surface area contributed by atoms with Crippen molar-refractivity contribution in [3.63, 3.8) is 0 Å². The summed E-state index contributed by atoms with van der Waals surface area (Å²) >= 11 is 0. The van der Waals surface area contributed by atoms with Crippen molar-refractivity contribution >= 4 is 11.9 Å². The molecule has 0 heterocycles. The molecule has 0 saturated heterocycles. The molecule has 0 bridgehead atoms. The minimum Gasteiger partial charge on any atom is -0.469 e. The third-order valence-electron chi connectivity index (χ3n) is 3.63. The van der Waals surface area contributed by atoms with Crippen LogP contribution >= 0.6 is 0 Å². The number of hydrogen-bond donors (Lipinski definition) is 0. The van der Waals surface area contributed by atoms with E-state index in [0.29, 0.717) is 12.8 Å². The lowest BCUT2D eigenvalue weighted by Gasteiger charge is -2.01. The zero-order chi connectivity index (χ0) is 16.5. The molecule has 0 amide bonds. The zero-order valence-corrected chi connectivity index (χ0v) is 14.3. The number of carbonyl (C=O) groups excluding carboxylic acids is 2. The van der Waals surface area contributed by atoms with Crippen LogP contribution in [0.4, 0.5) is 0 Å². The van der Waals surface area contributed by atoms with E-state index in [1.54, 1.807) is 0 Å². The Balaban J connectivity index is 3.16. The summed E-state index contributed by atoms with van der Waals surface area (Å²) in [6.07, 6.45) is 16.7. The number of rotatable bonds is 14. The highest BCUT2D eigenvalue weighted by Gasteiger charge is 1.99. The van der Waals surface area contributed by atoms with Gasteiger partial charge in [-0.3, -0.25) is 9.59 Å². The molecule has 0 aromatic carbocycles. The maximum absolute atomic E-state index is 10.9. The van der Waals surface area contributed by atoms with Gasteiger partial charge in [-0.1, -0.05) is 44.3 Å². The van der Waals surface area contributed by atoms with Gasteiger partial charge in [-0.25, -0.2) is 0 Å². The molecule has 0 rings (SSSR count). The first-order valence-corrected chi connectivity index (χ1v) is 8.49. The molecule has 0 spiro atoms. The Morgan fingerprint density at radius 1 is 0.636 bits per heavy atom.